The number of hydrogen-bond donors (Lipinski definition) is 0. The highest BCUT2D eigenvalue weighted by Gasteiger charge is 2.50. The van der Waals surface area contributed by atoms with E-state index in [2.05, 4.69) is 9.18 Å². The van der Waals surface area contributed by atoms with Crippen LogP contribution in [0.5, 0.6) is 5.75 Å². The second-order valence-electron chi connectivity index (χ2n) is 4.36. The highest BCUT2D eigenvalue weighted by Crippen LogP contribution is 2.35. The Morgan fingerprint density at radius 2 is 1.87 bits per heavy atom. The third-order valence-electron chi connectivity index (χ3n) is 2.67. The third kappa shape index (κ3) is 3.34. The molecule has 0 aliphatic carbocycles. The van der Waals surface area contributed by atoms with Crippen LogP contribution in [0.4, 0.5) is 22.0 Å². The molecule has 23 heavy (non-hydrogen) atoms. The summed E-state index contributed by atoms with van der Waals surface area (Å²) in [5, 5.41) is 0.0373. The van der Waals surface area contributed by atoms with Crippen molar-refractivity contribution in [2.75, 3.05) is 13.3 Å². The maximum atomic E-state index is 13.0. The van der Waals surface area contributed by atoms with Crippen molar-refractivity contribution in [1.82, 2.24) is 0 Å². The van der Waals surface area contributed by atoms with Gasteiger partial charge in [-0.3, -0.25) is 0 Å². The molecule has 0 saturated heterocycles. The molecule has 0 radical (unpaired) electrons. The molecule has 1 heterocycles. The predicted molar refractivity (Wildman–Crippen MR) is 69.4 cm³/mol. The lowest BCUT2D eigenvalue weighted by molar-refractivity contribution is -0.0507. The topological polar surface area (TPSA) is 65.0 Å². The first-order valence-corrected chi connectivity index (χ1v) is 7.54. The van der Waals surface area contributed by atoms with Crippen molar-refractivity contribution in [2.24, 2.45) is 4.99 Å². The Kier molecular flexibility index (Phi) is 4.46. The van der Waals surface area contributed by atoms with Gasteiger partial charge in [0.1, 0.15) is 5.75 Å². The predicted octanol–water partition coefficient (Wildman–Crippen LogP) is 2.98. The molecular formula is C11H7ClF5NO4S. The van der Waals surface area contributed by atoms with E-state index in [9.17, 15) is 30.4 Å². The fourth-order valence-corrected chi connectivity index (χ4v) is 2.19. The second kappa shape index (κ2) is 5.78. The summed E-state index contributed by atoms with van der Waals surface area (Å²) in [6.45, 7) is -3.15. The van der Waals surface area contributed by atoms with Crippen molar-refractivity contribution in [3.63, 3.8) is 0 Å². The minimum atomic E-state index is -6.08. The Hall–Kier alpha value is -1.62. The Bertz CT molecular complexity index is 745. The second-order valence-corrected chi connectivity index (χ2v) is 6.33. The Balaban J connectivity index is 2.57. The van der Waals surface area contributed by atoms with Gasteiger partial charge in [0, 0.05) is 5.02 Å². The highest BCUT2D eigenvalue weighted by molar-refractivity contribution is 7.88. The zero-order valence-electron chi connectivity index (χ0n) is 10.9. The minimum Gasteiger partial charge on any atom is -0.459 e. The van der Waals surface area contributed by atoms with E-state index in [1.807, 2.05) is 0 Å². The van der Waals surface area contributed by atoms with Crippen LogP contribution in [0.3, 0.4) is 0 Å². The van der Waals surface area contributed by atoms with Gasteiger partial charge in [0.15, 0.2) is 13.3 Å². The first kappa shape index (κ1) is 17.7. The summed E-state index contributed by atoms with van der Waals surface area (Å²) in [5.74, 6) is -1.51. The number of alkyl halides is 5. The van der Waals surface area contributed by atoms with E-state index in [4.69, 9.17) is 16.3 Å². The van der Waals surface area contributed by atoms with Gasteiger partial charge in [0.05, 0.1) is 5.56 Å². The van der Waals surface area contributed by atoms with Crippen molar-refractivity contribution in [1.29, 1.82) is 0 Å². The molecule has 1 aliphatic rings. The maximum Gasteiger partial charge on any atom is 0.534 e. The van der Waals surface area contributed by atoms with E-state index in [-0.39, 0.29) is 16.3 Å². The molecule has 0 bridgehead atoms. The fourth-order valence-electron chi connectivity index (χ4n) is 1.59. The van der Waals surface area contributed by atoms with Gasteiger partial charge in [-0.05, 0) is 18.2 Å². The van der Waals surface area contributed by atoms with Gasteiger partial charge in [0.2, 0.25) is 5.90 Å². The van der Waals surface area contributed by atoms with Gasteiger partial charge in [0.25, 0.3) is 5.72 Å². The normalized spacial score (nSPS) is 17.0. The number of hydrogen-bond acceptors (Lipinski definition) is 5. The molecule has 0 atom stereocenters. The average Bonchev–Trinajstić information content (AvgIpc) is 2.44. The van der Waals surface area contributed by atoms with Crippen molar-refractivity contribution >= 4 is 27.6 Å². The Labute approximate surface area is 131 Å². The molecular weight excluding hydrogens is 373 g/mol. The van der Waals surface area contributed by atoms with Crippen LogP contribution in [0.1, 0.15) is 5.56 Å². The van der Waals surface area contributed by atoms with Crippen LogP contribution in [0.2, 0.25) is 5.02 Å². The molecule has 0 spiro atoms. The summed E-state index contributed by atoms with van der Waals surface area (Å²) in [7, 11) is -6.08. The summed E-state index contributed by atoms with van der Waals surface area (Å²) < 4.78 is 94.4. The van der Waals surface area contributed by atoms with Crippen molar-refractivity contribution < 1.29 is 39.3 Å². The lowest BCUT2D eigenvalue weighted by Crippen LogP contribution is -2.44. The molecule has 12 heteroatoms. The minimum absolute atomic E-state index is 0.0373. The molecule has 0 N–H and O–H groups in total. The molecule has 0 unspecified atom stereocenters. The van der Waals surface area contributed by atoms with Crippen molar-refractivity contribution in [3.05, 3.63) is 28.8 Å². The lowest BCUT2D eigenvalue weighted by Gasteiger charge is -2.31. The third-order valence-corrected chi connectivity index (χ3v) is 3.85. The van der Waals surface area contributed by atoms with Gasteiger partial charge in [-0.1, -0.05) is 11.6 Å². The number of ether oxygens (including phenoxy) is 1. The lowest BCUT2D eigenvalue weighted by atomic mass is 10.1. The molecule has 1 aromatic carbocycles. The molecule has 0 aromatic heterocycles. The van der Waals surface area contributed by atoms with E-state index in [0.717, 1.165) is 12.1 Å². The van der Waals surface area contributed by atoms with Crippen LogP contribution in [0.25, 0.3) is 0 Å². The monoisotopic (exact) mass is 379 g/mol. The van der Waals surface area contributed by atoms with Crippen molar-refractivity contribution in [3.8, 4) is 5.75 Å². The summed E-state index contributed by atoms with van der Waals surface area (Å²) in [6.07, 6.45) is 0. The Morgan fingerprint density at radius 1 is 1.26 bits per heavy atom. The molecule has 2 rings (SSSR count). The summed E-state index contributed by atoms with van der Waals surface area (Å²) in [6, 6.07) is 3.26. The van der Waals surface area contributed by atoms with Gasteiger partial charge >= 0.3 is 15.6 Å². The average molecular weight is 380 g/mol. The van der Waals surface area contributed by atoms with Gasteiger partial charge in [-0.15, -0.1) is 0 Å². The molecule has 128 valence electrons. The largest absolute Gasteiger partial charge is 0.534 e. The fraction of sp³-hybridized carbons (Fsp3) is 0.364. The molecule has 1 aromatic rings. The maximum absolute atomic E-state index is 13.0. The zero-order valence-corrected chi connectivity index (χ0v) is 12.5. The van der Waals surface area contributed by atoms with Crippen LogP contribution >= 0.6 is 11.6 Å². The number of rotatable bonds is 3. The molecule has 1 aliphatic heterocycles. The van der Waals surface area contributed by atoms with E-state index in [0.29, 0.717) is 0 Å². The summed E-state index contributed by atoms with van der Waals surface area (Å²) >= 11 is 5.66. The SMILES string of the molecule is O=S(=O)(OC1=NC(CF)(CF)Oc2cc(Cl)ccc21)C(F)(F)F. The van der Waals surface area contributed by atoms with E-state index < -0.39 is 40.6 Å². The summed E-state index contributed by atoms with van der Waals surface area (Å²) in [5.41, 5.74) is -8.64. The number of aliphatic imine (C=N–C) groups is 1. The highest BCUT2D eigenvalue weighted by atomic mass is 35.5. The Morgan fingerprint density at radius 3 is 2.39 bits per heavy atom. The van der Waals surface area contributed by atoms with E-state index in [1.54, 1.807) is 0 Å². The van der Waals surface area contributed by atoms with Crippen LogP contribution in [0, 0.1) is 0 Å². The number of fused-ring (bicyclic) bond motifs is 1. The van der Waals surface area contributed by atoms with Gasteiger partial charge < -0.3 is 8.92 Å². The van der Waals surface area contributed by atoms with E-state index >= 15 is 0 Å². The van der Waals surface area contributed by atoms with Crippen LogP contribution in [-0.2, 0) is 14.3 Å². The van der Waals surface area contributed by atoms with Crippen LogP contribution in [-0.4, -0.2) is 38.9 Å². The zero-order chi connectivity index (χ0) is 17.5. The standard InChI is InChI=1S/C11H7ClF5NO4S/c12-6-1-2-7-8(3-6)21-10(4-13,5-14)18-9(7)22-23(19,20)11(15,16)17/h1-3H,4-5H2. The molecule has 0 amide bonds. The number of nitrogens with zero attached hydrogens (tertiary/aromatic N) is 1. The first-order chi connectivity index (χ1) is 10.5. The number of benzene rings is 1. The smallest absolute Gasteiger partial charge is 0.459 e. The van der Waals surface area contributed by atoms with Crippen molar-refractivity contribution in [2.45, 2.75) is 11.2 Å². The molecule has 0 fully saturated rings. The number of halogens is 6. The van der Waals surface area contributed by atoms with Gasteiger partial charge in [-0.2, -0.15) is 26.6 Å². The molecule has 5 nitrogen and oxygen atoms in total. The quantitative estimate of drug-likeness (QED) is 0.460. The van der Waals surface area contributed by atoms with Gasteiger partial charge in [-0.25, -0.2) is 8.78 Å². The van der Waals surface area contributed by atoms with E-state index in [1.165, 1.54) is 6.07 Å². The summed E-state index contributed by atoms with van der Waals surface area (Å²) in [4.78, 5) is 3.22. The van der Waals surface area contributed by atoms with Crippen LogP contribution < -0.4 is 4.74 Å². The molecule has 0 saturated carbocycles. The first-order valence-electron chi connectivity index (χ1n) is 5.75. The van der Waals surface area contributed by atoms with Crippen LogP contribution in [0.15, 0.2) is 23.2 Å².